The molecule has 3 unspecified atom stereocenters. The molecule has 116 valence electrons. The molecule has 0 radical (unpaired) electrons. The van der Waals surface area contributed by atoms with Gasteiger partial charge in [0, 0.05) is 18.2 Å². The fourth-order valence-corrected chi connectivity index (χ4v) is 4.15. The summed E-state index contributed by atoms with van der Waals surface area (Å²) in [5, 5.41) is 0. The van der Waals surface area contributed by atoms with Crippen molar-refractivity contribution in [3.05, 3.63) is 35.9 Å². The molecular formula is C17H26N2OS. The lowest BCUT2D eigenvalue weighted by molar-refractivity contribution is 0.533. The van der Waals surface area contributed by atoms with Crippen molar-refractivity contribution < 1.29 is 4.21 Å². The van der Waals surface area contributed by atoms with E-state index >= 15 is 0 Å². The molecule has 1 N–H and O–H groups in total. The van der Waals surface area contributed by atoms with Crippen molar-refractivity contribution >= 4 is 16.7 Å². The predicted octanol–water partition coefficient (Wildman–Crippen LogP) is 3.30. The average Bonchev–Trinajstić information content (AvgIpc) is 2.49. The van der Waals surface area contributed by atoms with Gasteiger partial charge in [-0.2, -0.15) is 0 Å². The van der Waals surface area contributed by atoms with Crippen LogP contribution in [0.2, 0.25) is 0 Å². The van der Waals surface area contributed by atoms with Crippen LogP contribution in [0.4, 0.5) is 0 Å². The summed E-state index contributed by atoms with van der Waals surface area (Å²) < 4.78 is 15.4. The maximum atomic E-state index is 12.2. The maximum Gasteiger partial charge on any atom is 0.0931 e. The lowest BCUT2D eigenvalue weighted by atomic mass is 9.87. The van der Waals surface area contributed by atoms with Crippen molar-refractivity contribution in [2.45, 2.75) is 45.6 Å². The Balaban J connectivity index is 2.33. The molecule has 1 aromatic rings. The molecule has 21 heavy (non-hydrogen) atoms. The van der Waals surface area contributed by atoms with Crippen molar-refractivity contribution in [2.75, 3.05) is 12.3 Å². The molecule has 1 aliphatic rings. The third-order valence-electron chi connectivity index (χ3n) is 3.93. The first-order valence-corrected chi connectivity index (χ1v) is 9.19. The molecule has 1 fully saturated rings. The number of nitrogens with one attached hydrogen (secondary N) is 1. The normalized spacial score (nSPS) is 28.2. The molecule has 1 aliphatic heterocycles. The third-order valence-corrected chi connectivity index (χ3v) is 5.08. The van der Waals surface area contributed by atoms with Crippen LogP contribution in [0.5, 0.6) is 0 Å². The summed E-state index contributed by atoms with van der Waals surface area (Å²) in [7, 11) is -0.980. The second-order valence-electron chi connectivity index (χ2n) is 5.98. The standard InChI is InChI=1S/C17H26N2OS/c1-4-5-11-18-17-15(14-9-7-6-8-10-14)12-21(20)19-16(17)13(2)3/h6-10,13,15-16,19H,4-5,11-12H2,1-3H3. The van der Waals surface area contributed by atoms with E-state index in [1.54, 1.807) is 0 Å². The molecule has 4 heteroatoms. The van der Waals surface area contributed by atoms with Crippen molar-refractivity contribution in [1.29, 1.82) is 0 Å². The second kappa shape index (κ2) is 7.85. The molecule has 3 atom stereocenters. The minimum Gasteiger partial charge on any atom is -0.292 e. The molecule has 0 bridgehead atoms. The Morgan fingerprint density at radius 3 is 2.67 bits per heavy atom. The number of unbranched alkanes of at least 4 members (excludes halogenated alkanes) is 1. The average molecular weight is 306 g/mol. The maximum absolute atomic E-state index is 12.2. The van der Waals surface area contributed by atoms with Gasteiger partial charge in [0.05, 0.1) is 22.8 Å². The monoisotopic (exact) mass is 306 g/mol. The van der Waals surface area contributed by atoms with Gasteiger partial charge in [-0.25, -0.2) is 8.93 Å². The Kier molecular flexibility index (Phi) is 6.12. The van der Waals surface area contributed by atoms with Crippen LogP contribution in [0.3, 0.4) is 0 Å². The molecule has 0 aliphatic carbocycles. The minimum absolute atomic E-state index is 0.113. The Morgan fingerprint density at radius 1 is 1.33 bits per heavy atom. The number of nitrogens with zero attached hydrogens (tertiary/aromatic N) is 1. The number of aliphatic imine (C=N–C) groups is 1. The first-order chi connectivity index (χ1) is 10.1. The van der Waals surface area contributed by atoms with E-state index in [1.807, 2.05) is 18.2 Å². The third kappa shape index (κ3) is 4.24. The minimum atomic E-state index is -0.980. The van der Waals surface area contributed by atoms with Gasteiger partial charge in [0.1, 0.15) is 0 Å². The highest BCUT2D eigenvalue weighted by atomic mass is 32.2. The first-order valence-electron chi connectivity index (χ1n) is 7.87. The molecule has 1 saturated heterocycles. The van der Waals surface area contributed by atoms with E-state index in [0.29, 0.717) is 11.7 Å². The summed E-state index contributed by atoms with van der Waals surface area (Å²) in [4.78, 5) is 4.89. The Labute approximate surface area is 130 Å². The lowest BCUT2D eigenvalue weighted by Crippen LogP contribution is -2.51. The lowest BCUT2D eigenvalue weighted by Gasteiger charge is -2.34. The van der Waals surface area contributed by atoms with E-state index in [9.17, 15) is 4.21 Å². The molecule has 0 amide bonds. The summed E-state index contributed by atoms with van der Waals surface area (Å²) in [6.07, 6.45) is 2.26. The van der Waals surface area contributed by atoms with Gasteiger partial charge in [-0.15, -0.1) is 0 Å². The van der Waals surface area contributed by atoms with Crippen LogP contribution in [-0.4, -0.2) is 28.3 Å². The number of hydrogen-bond donors (Lipinski definition) is 1. The Hall–Kier alpha value is -1.00. The number of rotatable bonds is 5. The van der Waals surface area contributed by atoms with E-state index in [0.717, 1.165) is 19.4 Å². The molecule has 0 spiro atoms. The van der Waals surface area contributed by atoms with Gasteiger partial charge >= 0.3 is 0 Å². The zero-order valence-electron chi connectivity index (χ0n) is 13.2. The van der Waals surface area contributed by atoms with Crippen LogP contribution in [0.15, 0.2) is 35.3 Å². The fraction of sp³-hybridized carbons (Fsp3) is 0.588. The van der Waals surface area contributed by atoms with Gasteiger partial charge in [0.2, 0.25) is 0 Å². The molecule has 0 aromatic heterocycles. The molecule has 0 saturated carbocycles. The van der Waals surface area contributed by atoms with Crippen molar-refractivity contribution in [2.24, 2.45) is 10.9 Å². The Morgan fingerprint density at radius 2 is 2.05 bits per heavy atom. The second-order valence-corrected chi connectivity index (χ2v) is 7.24. The van der Waals surface area contributed by atoms with E-state index in [4.69, 9.17) is 4.99 Å². The number of benzene rings is 1. The molecule has 1 heterocycles. The van der Waals surface area contributed by atoms with E-state index in [-0.39, 0.29) is 12.0 Å². The first kappa shape index (κ1) is 16.4. The topological polar surface area (TPSA) is 41.5 Å². The number of hydrogen-bond acceptors (Lipinski definition) is 2. The molecule has 3 nitrogen and oxygen atoms in total. The largest absolute Gasteiger partial charge is 0.292 e. The summed E-state index contributed by atoms with van der Waals surface area (Å²) in [6, 6.07) is 10.5. The quantitative estimate of drug-likeness (QED) is 0.833. The van der Waals surface area contributed by atoms with E-state index in [1.165, 1.54) is 11.3 Å². The van der Waals surface area contributed by atoms with Gasteiger partial charge in [-0.1, -0.05) is 57.5 Å². The summed E-state index contributed by atoms with van der Waals surface area (Å²) in [6.45, 7) is 7.38. The van der Waals surface area contributed by atoms with Crippen LogP contribution >= 0.6 is 0 Å². The summed E-state index contributed by atoms with van der Waals surface area (Å²) >= 11 is 0. The van der Waals surface area contributed by atoms with Crippen LogP contribution < -0.4 is 4.72 Å². The van der Waals surface area contributed by atoms with Crippen LogP contribution in [-0.2, 0) is 11.0 Å². The fourth-order valence-electron chi connectivity index (χ4n) is 2.71. The van der Waals surface area contributed by atoms with E-state index in [2.05, 4.69) is 37.6 Å². The predicted molar refractivity (Wildman–Crippen MR) is 91.2 cm³/mol. The molecule has 2 rings (SSSR count). The zero-order chi connectivity index (χ0) is 15.2. The molecule has 1 aromatic carbocycles. The van der Waals surface area contributed by atoms with Gasteiger partial charge < -0.3 is 0 Å². The van der Waals surface area contributed by atoms with E-state index < -0.39 is 11.0 Å². The van der Waals surface area contributed by atoms with Gasteiger partial charge in [-0.3, -0.25) is 4.99 Å². The smallest absolute Gasteiger partial charge is 0.0931 e. The van der Waals surface area contributed by atoms with Crippen molar-refractivity contribution in [3.63, 3.8) is 0 Å². The van der Waals surface area contributed by atoms with Crippen molar-refractivity contribution in [3.8, 4) is 0 Å². The highest BCUT2D eigenvalue weighted by Gasteiger charge is 2.34. The van der Waals surface area contributed by atoms with Gasteiger partial charge in [0.25, 0.3) is 0 Å². The van der Waals surface area contributed by atoms with Gasteiger partial charge in [0.15, 0.2) is 0 Å². The van der Waals surface area contributed by atoms with Crippen LogP contribution in [0.1, 0.15) is 45.1 Å². The molecular weight excluding hydrogens is 280 g/mol. The van der Waals surface area contributed by atoms with Gasteiger partial charge in [-0.05, 0) is 17.9 Å². The zero-order valence-corrected chi connectivity index (χ0v) is 14.0. The summed E-state index contributed by atoms with van der Waals surface area (Å²) in [5.74, 6) is 1.19. The summed E-state index contributed by atoms with van der Waals surface area (Å²) in [5.41, 5.74) is 2.41. The van der Waals surface area contributed by atoms with Crippen LogP contribution in [0.25, 0.3) is 0 Å². The highest BCUT2D eigenvalue weighted by Crippen LogP contribution is 2.27. The Bertz CT molecular complexity index is 499. The SMILES string of the molecule is CCCCN=C1C(c2ccccc2)CS(=O)NC1C(C)C. The van der Waals surface area contributed by atoms with Crippen LogP contribution in [0, 0.1) is 5.92 Å². The highest BCUT2D eigenvalue weighted by molar-refractivity contribution is 7.83. The van der Waals surface area contributed by atoms with Crippen molar-refractivity contribution in [1.82, 2.24) is 4.72 Å².